The zero-order valence-electron chi connectivity index (χ0n) is 11.8. The number of pyridine rings is 1. The van der Waals surface area contributed by atoms with Gasteiger partial charge >= 0.3 is 0 Å². The van der Waals surface area contributed by atoms with Gasteiger partial charge in [-0.05, 0) is 42.7 Å². The van der Waals surface area contributed by atoms with Crippen molar-refractivity contribution in [3.8, 4) is 11.3 Å². The Kier molecular flexibility index (Phi) is 3.56. The lowest BCUT2D eigenvalue weighted by Crippen LogP contribution is -2.14. The Bertz CT molecular complexity index is 846. The van der Waals surface area contributed by atoms with Crippen LogP contribution in [-0.2, 0) is 0 Å². The summed E-state index contributed by atoms with van der Waals surface area (Å²) in [6.45, 7) is 0. The second kappa shape index (κ2) is 5.71. The van der Waals surface area contributed by atoms with Gasteiger partial charge in [-0.1, -0.05) is 23.7 Å². The van der Waals surface area contributed by atoms with Crippen molar-refractivity contribution in [2.45, 2.75) is 18.9 Å². The number of rotatable bonds is 3. The second-order valence-electron chi connectivity index (χ2n) is 5.33. The van der Waals surface area contributed by atoms with Gasteiger partial charge in [0, 0.05) is 22.6 Å². The molecule has 1 fully saturated rings. The monoisotopic (exact) mass is 327 g/mol. The molecule has 0 unspecified atom stereocenters. The van der Waals surface area contributed by atoms with Crippen LogP contribution in [0.1, 0.15) is 18.9 Å². The molecule has 22 heavy (non-hydrogen) atoms. The zero-order chi connectivity index (χ0) is 14.9. The summed E-state index contributed by atoms with van der Waals surface area (Å²) in [6.07, 6.45) is 6.00. The fourth-order valence-electron chi connectivity index (χ4n) is 2.45. The summed E-state index contributed by atoms with van der Waals surface area (Å²) in [6, 6.07) is 12.5. The Balaban J connectivity index is 1.84. The first-order chi connectivity index (χ1) is 10.8. The molecule has 1 aliphatic carbocycles. The van der Waals surface area contributed by atoms with Crippen molar-refractivity contribution in [3.63, 3.8) is 0 Å². The van der Waals surface area contributed by atoms with Gasteiger partial charge in [0.1, 0.15) is 0 Å². The van der Waals surface area contributed by atoms with E-state index >= 15 is 0 Å². The van der Waals surface area contributed by atoms with Crippen LogP contribution in [0.3, 0.4) is 0 Å². The molecule has 1 aromatic carbocycles. The molecule has 4 rings (SSSR count). The lowest BCUT2D eigenvalue weighted by Gasteiger charge is -2.07. The molecule has 0 atom stereocenters. The van der Waals surface area contributed by atoms with E-state index in [1.54, 1.807) is 23.7 Å². The van der Waals surface area contributed by atoms with Crippen LogP contribution in [0.15, 0.2) is 59.2 Å². The van der Waals surface area contributed by atoms with Crippen LogP contribution in [0, 0.1) is 0 Å². The molecular weight excluding hydrogens is 314 g/mol. The summed E-state index contributed by atoms with van der Waals surface area (Å²) in [5.74, 6) is 0. The van der Waals surface area contributed by atoms with Gasteiger partial charge in [-0.15, -0.1) is 11.3 Å². The number of thiazole rings is 1. The maximum atomic E-state index is 6.00. The van der Waals surface area contributed by atoms with Gasteiger partial charge < -0.3 is 4.57 Å². The molecule has 0 radical (unpaired) electrons. The maximum Gasteiger partial charge on any atom is 0.190 e. The lowest BCUT2D eigenvalue weighted by molar-refractivity contribution is 0.724. The molecule has 2 aromatic heterocycles. The summed E-state index contributed by atoms with van der Waals surface area (Å²) < 4.78 is 2.35. The van der Waals surface area contributed by atoms with Crippen molar-refractivity contribution in [3.05, 3.63) is 64.0 Å². The average Bonchev–Trinajstić information content (AvgIpc) is 3.30. The van der Waals surface area contributed by atoms with Crippen LogP contribution < -0.4 is 4.80 Å². The van der Waals surface area contributed by atoms with Gasteiger partial charge in [-0.3, -0.25) is 4.98 Å². The Morgan fingerprint density at radius 2 is 2.00 bits per heavy atom. The summed E-state index contributed by atoms with van der Waals surface area (Å²) in [7, 11) is 0. The number of benzene rings is 1. The van der Waals surface area contributed by atoms with Gasteiger partial charge in [-0.25, -0.2) is 4.99 Å². The quantitative estimate of drug-likeness (QED) is 0.677. The van der Waals surface area contributed by atoms with E-state index in [9.17, 15) is 0 Å². The van der Waals surface area contributed by atoms with E-state index in [0.717, 1.165) is 15.5 Å². The fraction of sp³-hybridized carbons (Fsp3) is 0.176. The smallest absolute Gasteiger partial charge is 0.190 e. The molecule has 0 aliphatic heterocycles. The molecule has 0 spiro atoms. The number of halogens is 1. The van der Waals surface area contributed by atoms with Gasteiger partial charge in [0.2, 0.25) is 0 Å². The van der Waals surface area contributed by atoms with Crippen LogP contribution in [0.2, 0.25) is 5.02 Å². The van der Waals surface area contributed by atoms with Crippen LogP contribution in [0.4, 0.5) is 5.69 Å². The highest BCUT2D eigenvalue weighted by Gasteiger charge is 2.27. The molecule has 0 saturated heterocycles. The van der Waals surface area contributed by atoms with Gasteiger partial charge in [0.05, 0.1) is 17.6 Å². The van der Waals surface area contributed by atoms with E-state index < -0.39 is 0 Å². The number of aromatic nitrogens is 2. The van der Waals surface area contributed by atoms with Crippen molar-refractivity contribution in [1.29, 1.82) is 0 Å². The number of hydrogen-bond donors (Lipinski definition) is 0. The summed E-state index contributed by atoms with van der Waals surface area (Å²) in [4.78, 5) is 9.92. The molecule has 2 heterocycles. The average molecular weight is 328 g/mol. The number of nitrogens with zero attached hydrogens (tertiary/aromatic N) is 3. The second-order valence-corrected chi connectivity index (χ2v) is 6.61. The first-order valence-electron chi connectivity index (χ1n) is 7.22. The van der Waals surface area contributed by atoms with E-state index in [1.165, 1.54) is 24.1 Å². The molecular formula is C17H14ClN3S. The first kappa shape index (κ1) is 13.7. The molecule has 110 valence electrons. The topological polar surface area (TPSA) is 30.2 Å². The number of hydrogen-bond acceptors (Lipinski definition) is 3. The van der Waals surface area contributed by atoms with Crippen molar-refractivity contribution in [2.75, 3.05) is 0 Å². The third kappa shape index (κ3) is 2.72. The fourth-order valence-corrected chi connectivity index (χ4v) is 3.56. The lowest BCUT2D eigenvalue weighted by atomic mass is 10.2. The molecule has 0 amide bonds. The molecule has 1 aliphatic rings. The van der Waals surface area contributed by atoms with E-state index in [1.807, 2.05) is 24.3 Å². The maximum absolute atomic E-state index is 6.00. The van der Waals surface area contributed by atoms with Crippen molar-refractivity contribution >= 4 is 28.6 Å². The highest BCUT2D eigenvalue weighted by Crippen LogP contribution is 2.38. The molecule has 5 heteroatoms. The third-order valence-electron chi connectivity index (χ3n) is 3.66. The van der Waals surface area contributed by atoms with Crippen LogP contribution in [-0.4, -0.2) is 9.55 Å². The van der Waals surface area contributed by atoms with Crippen molar-refractivity contribution < 1.29 is 0 Å². The predicted molar refractivity (Wildman–Crippen MR) is 90.5 cm³/mol. The van der Waals surface area contributed by atoms with Crippen LogP contribution in [0.5, 0.6) is 0 Å². The van der Waals surface area contributed by atoms with Gasteiger partial charge in [0.15, 0.2) is 4.80 Å². The third-order valence-corrected chi connectivity index (χ3v) is 4.76. The Morgan fingerprint density at radius 1 is 1.18 bits per heavy atom. The van der Waals surface area contributed by atoms with Crippen molar-refractivity contribution in [2.24, 2.45) is 4.99 Å². The van der Waals surface area contributed by atoms with Crippen molar-refractivity contribution in [1.82, 2.24) is 9.55 Å². The summed E-state index contributed by atoms with van der Waals surface area (Å²) in [5, 5.41) is 2.94. The minimum Gasteiger partial charge on any atom is -0.313 e. The summed E-state index contributed by atoms with van der Waals surface area (Å²) in [5.41, 5.74) is 3.29. The van der Waals surface area contributed by atoms with E-state index in [-0.39, 0.29) is 0 Å². The Labute approximate surface area is 137 Å². The normalized spacial score (nSPS) is 15.2. The van der Waals surface area contributed by atoms with Gasteiger partial charge in [-0.2, -0.15) is 0 Å². The van der Waals surface area contributed by atoms with Crippen LogP contribution >= 0.6 is 22.9 Å². The molecule has 0 bridgehead atoms. The zero-order valence-corrected chi connectivity index (χ0v) is 13.4. The van der Waals surface area contributed by atoms with E-state index in [4.69, 9.17) is 16.6 Å². The Morgan fingerprint density at radius 3 is 2.68 bits per heavy atom. The van der Waals surface area contributed by atoms with Crippen LogP contribution in [0.25, 0.3) is 11.3 Å². The predicted octanol–water partition coefficient (Wildman–Crippen LogP) is 4.83. The van der Waals surface area contributed by atoms with Gasteiger partial charge in [0.25, 0.3) is 0 Å². The molecule has 3 aromatic rings. The molecule has 1 saturated carbocycles. The highest BCUT2D eigenvalue weighted by molar-refractivity contribution is 7.07. The minimum absolute atomic E-state index is 0.562. The van der Waals surface area contributed by atoms with E-state index in [0.29, 0.717) is 6.04 Å². The first-order valence-corrected chi connectivity index (χ1v) is 8.48. The SMILES string of the molecule is Clc1ccc(-c2csc(=Nc3cccnc3)n2C2CC2)cc1. The minimum atomic E-state index is 0.562. The Hall–Kier alpha value is -1.91. The summed E-state index contributed by atoms with van der Waals surface area (Å²) >= 11 is 7.67. The molecule has 3 nitrogen and oxygen atoms in total. The van der Waals surface area contributed by atoms with E-state index in [2.05, 4.69) is 27.1 Å². The highest BCUT2D eigenvalue weighted by atomic mass is 35.5. The molecule has 0 N–H and O–H groups in total. The largest absolute Gasteiger partial charge is 0.313 e. The standard InChI is InChI=1S/C17H14ClN3S/c18-13-5-3-12(4-6-13)16-11-22-17(21(16)15-7-8-15)20-14-2-1-9-19-10-14/h1-6,9-11,15H,7-8H2.